The van der Waals surface area contributed by atoms with Crippen LogP contribution in [0.2, 0.25) is 5.02 Å². The van der Waals surface area contributed by atoms with Gasteiger partial charge in [-0.2, -0.15) is 0 Å². The normalized spacial score (nSPS) is 12.4. The largest absolute Gasteiger partial charge is 0.370 e. The van der Waals surface area contributed by atoms with Gasteiger partial charge in [0.05, 0.1) is 0 Å². The average Bonchev–Trinajstić information content (AvgIpc) is 2.15. The van der Waals surface area contributed by atoms with Gasteiger partial charge in [-0.15, -0.1) is 0 Å². The van der Waals surface area contributed by atoms with E-state index in [1.165, 1.54) is 5.56 Å². The van der Waals surface area contributed by atoms with Crippen molar-refractivity contribution in [1.29, 1.82) is 0 Å². The van der Waals surface area contributed by atoms with Gasteiger partial charge in [0, 0.05) is 24.0 Å². The summed E-state index contributed by atoms with van der Waals surface area (Å²) in [6.45, 7) is 4.68. The summed E-state index contributed by atoms with van der Waals surface area (Å²) in [6.07, 6.45) is 0.354. The molecule has 0 saturated carbocycles. The Morgan fingerprint density at radius 1 is 1.56 bits per heavy atom. The van der Waals surface area contributed by atoms with E-state index in [9.17, 15) is 4.79 Å². The first kappa shape index (κ1) is 13.0. The van der Waals surface area contributed by atoms with E-state index < -0.39 is 0 Å². The lowest BCUT2D eigenvalue weighted by molar-refractivity contribution is -0.118. The maximum absolute atomic E-state index is 10.7. The number of hydrogen-bond donors (Lipinski definition) is 2. The van der Waals surface area contributed by atoms with Gasteiger partial charge in [-0.3, -0.25) is 4.79 Å². The van der Waals surface area contributed by atoms with Gasteiger partial charge in [0.25, 0.3) is 0 Å². The minimum absolute atomic E-state index is 0.0904. The first-order valence-corrected chi connectivity index (χ1v) is 5.63. The number of hydrogen-bond acceptors (Lipinski definition) is 2. The first-order chi connectivity index (χ1) is 7.49. The predicted molar refractivity (Wildman–Crippen MR) is 66.3 cm³/mol. The molecule has 88 valence electrons. The number of carbonyl (C=O) groups is 1. The van der Waals surface area contributed by atoms with Crippen molar-refractivity contribution in [1.82, 2.24) is 5.32 Å². The van der Waals surface area contributed by atoms with E-state index in [2.05, 4.69) is 5.32 Å². The highest BCUT2D eigenvalue weighted by molar-refractivity contribution is 6.30. The van der Waals surface area contributed by atoms with Crippen molar-refractivity contribution in [3.8, 4) is 0 Å². The van der Waals surface area contributed by atoms with Gasteiger partial charge in [-0.05, 0) is 37.1 Å². The second kappa shape index (κ2) is 5.87. The van der Waals surface area contributed by atoms with Crippen molar-refractivity contribution < 1.29 is 4.79 Å². The molecule has 1 atom stereocenters. The quantitative estimate of drug-likeness (QED) is 0.827. The molecule has 1 aromatic carbocycles. The van der Waals surface area contributed by atoms with Crippen molar-refractivity contribution in [2.75, 3.05) is 0 Å². The number of amides is 1. The van der Waals surface area contributed by atoms with Crippen LogP contribution >= 0.6 is 11.6 Å². The summed E-state index contributed by atoms with van der Waals surface area (Å²) >= 11 is 5.87. The van der Waals surface area contributed by atoms with Crippen molar-refractivity contribution in [2.45, 2.75) is 32.9 Å². The number of aryl methyl sites for hydroxylation is 1. The third kappa shape index (κ3) is 4.21. The maximum Gasteiger partial charge on any atom is 0.218 e. The van der Waals surface area contributed by atoms with Crippen LogP contribution in [0.25, 0.3) is 0 Å². The van der Waals surface area contributed by atoms with Crippen LogP contribution in [0.4, 0.5) is 0 Å². The number of carbonyl (C=O) groups excluding carboxylic acids is 1. The monoisotopic (exact) mass is 240 g/mol. The topological polar surface area (TPSA) is 55.1 Å². The second-order valence-corrected chi connectivity index (χ2v) is 4.46. The smallest absolute Gasteiger partial charge is 0.218 e. The van der Waals surface area contributed by atoms with E-state index in [-0.39, 0.29) is 11.9 Å². The molecule has 0 radical (unpaired) electrons. The zero-order valence-electron chi connectivity index (χ0n) is 9.59. The lowest BCUT2D eigenvalue weighted by Gasteiger charge is -2.13. The van der Waals surface area contributed by atoms with Gasteiger partial charge < -0.3 is 11.1 Å². The third-order valence-electron chi connectivity index (χ3n) is 2.45. The van der Waals surface area contributed by atoms with E-state index in [0.29, 0.717) is 6.42 Å². The molecule has 4 heteroatoms. The van der Waals surface area contributed by atoms with Crippen LogP contribution in [0.15, 0.2) is 18.2 Å². The van der Waals surface area contributed by atoms with E-state index in [0.717, 1.165) is 17.1 Å². The molecule has 0 aliphatic rings. The summed E-state index contributed by atoms with van der Waals surface area (Å²) in [6, 6.07) is 5.87. The van der Waals surface area contributed by atoms with Crippen LogP contribution in [0.3, 0.4) is 0 Å². The van der Waals surface area contributed by atoms with Crippen molar-refractivity contribution in [3.05, 3.63) is 34.3 Å². The van der Waals surface area contributed by atoms with Gasteiger partial charge in [0.15, 0.2) is 0 Å². The van der Waals surface area contributed by atoms with Gasteiger partial charge in [-0.25, -0.2) is 0 Å². The molecule has 1 unspecified atom stereocenters. The highest BCUT2D eigenvalue weighted by Crippen LogP contribution is 2.15. The molecule has 0 spiro atoms. The molecule has 0 aromatic heterocycles. The van der Waals surface area contributed by atoms with Gasteiger partial charge in [-0.1, -0.05) is 17.7 Å². The van der Waals surface area contributed by atoms with E-state index in [4.69, 9.17) is 17.3 Å². The highest BCUT2D eigenvalue weighted by atomic mass is 35.5. The lowest BCUT2D eigenvalue weighted by atomic mass is 10.1. The van der Waals surface area contributed by atoms with Crippen molar-refractivity contribution in [2.24, 2.45) is 5.73 Å². The Balaban J connectivity index is 2.51. The predicted octanol–water partition coefficient (Wildman–Crippen LogP) is 2.00. The molecular weight excluding hydrogens is 224 g/mol. The number of benzene rings is 1. The molecule has 3 N–H and O–H groups in total. The molecule has 16 heavy (non-hydrogen) atoms. The summed E-state index contributed by atoms with van der Waals surface area (Å²) in [7, 11) is 0. The molecule has 0 aliphatic heterocycles. The molecule has 1 amide bonds. The van der Waals surface area contributed by atoms with Crippen LogP contribution in [0, 0.1) is 6.92 Å². The van der Waals surface area contributed by atoms with Crippen molar-refractivity contribution in [3.63, 3.8) is 0 Å². The van der Waals surface area contributed by atoms with Crippen LogP contribution in [-0.4, -0.2) is 11.9 Å². The molecule has 1 rings (SSSR count). The molecule has 3 nitrogen and oxygen atoms in total. The second-order valence-electron chi connectivity index (χ2n) is 4.02. The Labute approximate surface area is 101 Å². The van der Waals surface area contributed by atoms with E-state index in [1.54, 1.807) is 0 Å². The summed E-state index contributed by atoms with van der Waals surface area (Å²) in [4.78, 5) is 10.7. The third-order valence-corrected chi connectivity index (χ3v) is 2.69. The number of halogens is 1. The Hall–Kier alpha value is -1.06. The summed E-state index contributed by atoms with van der Waals surface area (Å²) in [5.74, 6) is -0.284. The Morgan fingerprint density at radius 2 is 2.25 bits per heavy atom. The van der Waals surface area contributed by atoms with Crippen LogP contribution in [-0.2, 0) is 11.3 Å². The molecule has 0 saturated heterocycles. The van der Waals surface area contributed by atoms with E-state index >= 15 is 0 Å². The fourth-order valence-corrected chi connectivity index (χ4v) is 1.74. The summed E-state index contributed by atoms with van der Waals surface area (Å²) in [5.41, 5.74) is 7.44. The molecule has 0 aliphatic carbocycles. The van der Waals surface area contributed by atoms with Gasteiger partial charge in [0.1, 0.15) is 0 Å². The highest BCUT2D eigenvalue weighted by Gasteiger charge is 2.06. The van der Waals surface area contributed by atoms with Crippen LogP contribution in [0.1, 0.15) is 24.5 Å². The first-order valence-electron chi connectivity index (χ1n) is 5.25. The molecule has 0 bridgehead atoms. The number of nitrogens with one attached hydrogen (secondary N) is 1. The molecule has 0 heterocycles. The van der Waals surface area contributed by atoms with Crippen LogP contribution in [0.5, 0.6) is 0 Å². The molecule has 1 aromatic rings. The zero-order chi connectivity index (χ0) is 12.1. The molecular formula is C12H17ClN2O. The maximum atomic E-state index is 10.7. The lowest BCUT2D eigenvalue weighted by Crippen LogP contribution is -2.30. The number of rotatable bonds is 5. The Morgan fingerprint density at radius 3 is 2.81 bits per heavy atom. The van der Waals surface area contributed by atoms with Crippen LogP contribution < -0.4 is 11.1 Å². The van der Waals surface area contributed by atoms with Gasteiger partial charge in [0.2, 0.25) is 5.91 Å². The van der Waals surface area contributed by atoms with E-state index in [1.807, 2.05) is 32.0 Å². The Kier molecular flexibility index (Phi) is 4.77. The summed E-state index contributed by atoms with van der Waals surface area (Å²) in [5, 5.41) is 3.99. The fourth-order valence-electron chi connectivity index (χ4n) is 1.52. The number of primary amides is 1. The zero-order valence-corrected chi connectivity index (χ0v) is 10.3. The SMILES string of the molecule is Cc1cc(Cl)ccc1CNC(C)CC(N)=O. The van der Waals surface area contributed by atoms with Gasteiger partial charge >= 0.3 is 0 Å². The fraction of sp³-hybridized carbons (Fsp3) is 0.417. The standard InChI is InChI=1S/C12H17ClN2O/c1-8-5-11(13)4-3-10(8)7-15-9(2)6-12(14)16/h3-5,9,15H,6-7H2,1-2H3,(H2,14,16). The Bertz CT molecular complexity index is 379. The molecule has 0 fully saturated rings. The summed E-state index contributed by atoms with van der Waals surface area (Å²) < 4.78 is 0. The van der Waals surface area contributed by atoms with Crippen molar-refractivity contribution >= 4 is 17.5 Å². The minimum atomic E-state index is -0.284. The minimum Gasteiger partial charge on any atom is -0.370 e. The average molecular weight is 241 g/mol. The number of nitrogens with two attached hydrogens (primary N) is 1.